The third-order valence-electron chi connectivity index (χ3n) is 4.77. The van der Waals surface area contributed by atoms with Gasteiger partial charge in [-0.15, -0.1) is 0 Å². The summed E-state index contributed by atoms with van der Waals surface area (Å²) in [5.74, 6) is -2.05. The maximum Gasteiger partial charge on any atom is 0.416 e. The molecule has 2 aromatic rings. The van der Waals surface area contributed by atoms with Gasteiger partial charge in [-0.05, 0) is 55.2 Å². The number of carboxylic acid groups (broad SMARTS) is 1. The van der Waals surface area contributed by atoms with Crippen LogP contribution in [0, 0.1) is 0 Å². The van der Waals surface area contributed by atoms with Crippen molar-refractivity contribution in [1.29, 1.82) is 0 Å². The van der Waals surface area contributed by atoms with Gasteiger partial charge >= 0.3 is 12.1 Å². The number of carbonyl (C=O) groups is 2. The Kier molecular flexibility index (Phi) is 7.40. The van der Waals surface area contributed by atoms with E-state index in [-0.39, 0.29) is 39.7 Å². The highest BCUT2D eigenvalue weighted by Crippen LogP contribution is 2.38. The van der Waals surface area contributed by atoms with Crippen LogP contribution in [-0.4, -0.2) is 23.0 Å². The molecular weight excluding hydrogens is 472 g/mol. The average molecular weight is 491 g/mol. The number of carbonyl (C=O) groups excluding carboxylic acids is 1. The molecule has 1 saturated carbocycles. The number of alkyl halides is 3. The van der Waals surface area contributed by atoms with Gasteiger partial charge in [0.1, 0.15) is 13.0 Å². The first-order valence-corrected chi connectivity index (χ1v) is 10.4. The van der Waals surface area contributed by atoms with Crippen LogP contribution in [0.15, 0.2) is 30.3 Å². The number of halogens is 5. The van der Waals surface area contributed by atoms with Crippen molar-refractivity contribution in [2.75, 3.05) is 10.6 Å². The van der Waals surface area contributed by atoms with Crippen molar-refractivity contribution in [3.63, 3.8) is 0 Å². The van der Waals surface area contributed by atoms with Gasteiger partial charge in [0, 0.05) is 17.4 Å². The van der Waals surface area contributed by atoms with Crippen molar-refractivity contribution in [1.82, 2.24) is 0 Å². The number of benzene rings is 2. The number of hydrogen-bond donors (Lipinski definition) is 3. The van der Waals surface area contributed by atoms with E-state index in [9.17, 15) is 22.8 Å². The van der Waals surface area contributed by atoms with Crippen molar-refractivity contribution in [2.24, 2.45) is 0 Å². The van der Waals surface area contributed by atoms with Gasteiger partial charge < -0.3 is 20.5 Å². The van der Waals surface area contributed by atoms with E-state index >= 15 is 0 Å². The maximum absolute atomic E-state index is 13.3. The van der Waals surface area contributed by atoms with Crippen LogP contribution in [0.1, 0.15) is 36.8 Å². The Bertz CT molecular complexity index is 1000. The van der Waals surface area contributed by atoms with E-state index in [2.05, 4.69) is 10.6 Å². The van der Waals surface area contributed by atoms with Gasteiger partial charge in [0.2, 0.25) is 5.91 Å². The van der Waals surface area contributed by atoms with E-state index in [4.69, 9.17) is 33.0 Å². The second-order valence-corrected chi connectivity index (χ2v) is 8.18. The van der Waals surface area contributed by atoms with Crippen molar-refractivity contribution >= 4 is 46.5 Å². The van der Waals surface area contributed by atoms with Gasteiger partial charge in [0.05, 0.1) is 15.6 Å². The summed E-state index contributed by atoms with van der Waals surface area (Å²) in [4.78, 5) is 22.2. The van der Waals surface area contributed by atoms with Crippen LogP contribution in [0.4, 0.5) is 24.5 Å². The number of anilines is 2. The molecule has 0 spiro atoms. The van der Waals surface area contributed by atoms with Crippen LogP contribution in [0.3, 0.4) is 0 Å². The molecule has 0 saturated heterocycles. The second kappa shape index (κ2) is 9.87. The van der Waals surface area contributed by atoms with Crippen molar-refractivity contribution in [3.05, 3.63) is 51.5 Å². The molecule has 1 aliphatic carbocycles. The molecule has 6 nitrogen and oxygen atoms in total. The fourth-order valence-corrected chi connectivity index (χ4v) is 3.67. The number of hydrogen-bond acceptors (Lipinski definition) is 4. The number of rotatable bonds is 8. The van der Waals surface area contributed by atoms with Crippen LogP contribution in [0.2, 0.25) is 10.0 Å². The molecule has 172 valence electrons. The fraction of sp³-hybridized carbons (Fsp3) is 0.333. The van der Waals surface area contributed by atoms with Gasteiger partial charge in [-0.25, -0.2) is 0 Å². The van der Waals surface area contributed by atoms with E-state index in [1.54, 1.807) is 6.07 Å². The third-order valence-corrected chi connectivity index (χ3v) is 5.33. The zero-order valence-corrected chi connectivity index (χ0v) is 18.1. The summed E-state index contributed by atoms with van der Waals surface area (Å²) in [5, 5.41) is 14.1. The molecule has 0 aliphatic heterocycles. The van der Waals surface area contributed by atoms with Crippen LogP contribution >= 0.6 is 23.2 Å². The summed E-state index contributed by atoms with van der Waals surface area (Å²) in [6.07, 6.45) is -2.40. The molecule has 32 heavy (non-hydrogen) atoms. The molecule has 0 unspecified atom stereocenters. The Morgan fingerprint density at radius 3 is 2.25 bits per heavy atom. The number of nitrogens with one attached hydrogen (secondary N) is 2. The Morgan fingerprint density at radius 2 is 1.72 bits per heavy atom. The molecule has 1 fully saturated rings. The van der Waals surface area contributed by atoms with Crippen LogP contribution in [-0.2, 0) is 22.4 Å². The third kappa shape index (κ3) is 6.43. The minimum atomic E-state index is -4.52. The summed E-state index contributed by atoms with van der Waals surface area (Å²) >= 11 is 12.3. The van der Waals surface area contributed by atoms with Gasteiger partial charge in [0.25, 0.3) is 0 Å². The summed E-state index contributed by atoms with van der Waals surface area (Å²) in [5.41, 5.74) is -0.0109. The summed E-state index contributed by atoms with van der Waals surface area (Å²) in [6.45, 7) is -0.229. The molecule has 11 heteroatoms. The molecule has 3 N–H and O–H groups in total. The Hall–Kier alpha value is -2.65. The lowest BCUT2D eigenvalue weighted by Crippen LogP contribution is -2.27. The lowest BCUT2D eigenvalue weighted by atomic mass is 9.93. The van der Waals surface area contributed by atoms with E-state index in [1.165, 1.54) is 12.1 Å². The molecule has 1 amide bonds. The topological polar surface area (TPSA) is 87.7 Å². The van der Waals surface area contributed by atoms with Gasteiger partial charge in [-0.3, -0.25) is 9.59 Å². The normalized spacial score (nSPS) is 13.9. The lowest BCUT2D eigenvalue weighted by molar-refractivity contribution is -0.140. The lowest BCUT2D eigenvalue weighted by Gasteiger charge is -2.28. The number of ether oxygens (including phenoxy) is 1. The van der Waals surface area contributed by atoms with E-state index in [1.807, 2.05) is 0 Å². The van der Waals surface area contributed by atoms with Crippen molar-refractivity contribution < 1.29 is 32.6 Å². The standard InChI is InChI=1S/C21H19Cl2F3N2O4/c22-16-7-15(28-18(29)9-19(30)31)8-17(23)20(16)32-10-11-4-12(21(24,25)26)6-14(5-11)27-13-2-1-3-13/h4-8,13,27H,1-3,9-10H2,(H,28,29)(H,30,31). The minimum Gasteiger partial charge on any atom is -0.486 e. The van der Waals surface area contributed by atoms with Gasteiger partial charge in [0.15, 0.2) is 5.75 Å². The van der Waals surface area contributed by atoms with Crippen LogP contribution in [0.5, 0.6) is 5.75 Å². The smallest absolute Gasteiger partial charge is 0.416 e. The quantitative estimate of drug-likeness (QED) is 0.396. The highest BCUT2D eigenvalue weighted by molar-refractivity contribution is 6.37. The highest BCUT2D eigenvalue weighted by atomic mass is 35.5. The van der Waals surface area contributed by atoms with Crippen molar-refractivity contribution in [3.8, 4) is 5.75 Å². The summed E-state index contributed by atoms with van der Waals surface area (Å²) < 4.78 is 45.5. The van der Waals surface area contributed by atoms with Gasteiger partial charge in [-0.2, -0.15) is 13.2 Å². The number of amides is 1. The molecule has 0 atom stereocenters. The van der Waals surface area contributed by atoms with E-state index < -0.39 is 30.0 Å². The molecule has 0 radical (unpaired) electrons. The molecule has 0 bridgehead atoms. The zero-order valence-electron chi connectivity index (χ0n) is 16.6. The molecule has 0 aromatic heterocycles. The summed E-state index contributed by atoms with van der Waals surface area (Å²) in [6, 6.07) is 6.40. The number of carboxylic acids is 1. The first kappa shape index (κ1) is 24.0. The highest BCUT2D eigenvalue weighted by Gasteiger charge is 2.31. The average Bonchev–Trinajstić information content (AvgIpc) is 2.62. The molecular formula is C21H19Cl2F3N2O4. The fourth-order valence-electron chi connectivity index (χ4n) is 3.08. The Balaban J connectivity index is 1.75. The van der Waals surface area contributed by atoms with Gasteiger partial charge in [-0.1, -0.05) is 23.2 Å². The molecule has 2 aromatic carbocycles. The molecule has 0 heterocycles. The minimum absolute atomic E-state index is 0.00270. The zero-order chi connectivity index (χ0) is 23.5. The largest absolute Gasteiger partial charge is 0.486 e. The first-order valence-electron chi connectivity index (χ1n) is 9.62. The van der Waals surface area contributed by atoms with Crippen LogP contribution in [0.25, 0.3) is 0 Å². The Morgan fingerprint density at radius 1 is 1.06 bits per heavy atom. The molecule has 1 aliphatic rings. The monoisotopic (exact) mass is 490 g/mol. The predicted octanol–water partition coefficient (Wildman–Crippen LogP) is 5.97. The van der Waals surface area contributed by atoms with E-state index in [0.717, 1.165) is 31.4 Å². The van der Waals surface area contributed by atoms with Crippen molar-refractivity contribution in [2.45, 2.75) is 44.5 Å². The van der Waals surface area contributed by atoms with E-state index in [0.29, 0.717) is 5.69 Å². The Labute approximate surface area is 191 Å². The predicted molar refractivity (Wildman–Crippen MR) is 114 cm³/mol. The van der Waals surface area contributed by atoms with Crippen LogP contribution < -0.4 is 15.4 Å². The second-order valence-electron chi connectivity index (χ2n) is 7.36. The molecule has 3 rings (SSSR count). The number of aliphatic carboxylic acids is 1. The summed E-state index contributed by atoms with van der Waals surface area (Å²) in [7, 11) is 0. The maximum atomic E-state index is 13.3. The SMILES string of the molecule is O=C(O)CC(=O)Nc1cc(Cl)c(OCc2cc(NC3CCC3)cc(C(F)(F)F)c2)c(Cl)c1. The first-order chi connectivity index (χ1) is 15.0.